The molecule has 1 unspecified atom stereocenters. The van der Waals surface area contributed by atoms with Gasteiger partial charge >= 0.3 is 17.9 Å². The van der Waals surface area contributed by atoms with Crippen LogP contribution < -0.4 is 0 Å². The zero-order valence-electron chi connectivity index (χ0n) is 41.8. The van der Waals surface area contributed by atoms with Gasteiger partial charge < -0.3 is 14.2 Å². The Labute approximate surface area is 395 Å². The third-order valence-corrected chi connectivity index (χ3v) is 11.1. The van der Waals surface area contributed by atoms with Crippen LogP contribution in [0.5, 0.6) is 0 Å². The molecule has 0 radical (unpaired) electrons. The molecule has 0 heterocycles. The van der Waals surface area contributed by atoms with Crippen molar-refractivity contribution in [1.82, 2.24) is 0 Å². The first-order chi connectivity index (χ1) is 31.5. The van der Waals surface area contributed by atoms with E-state index in [1.165, 1.54) is 122 Å². The van der Waals surface area contributed by atoms with E-state index in [4.69, 9.17) is 14.2 Å². The van der Waals surface area contributed by atoms with Gasteiger partial charge in [0, 0.05) is 19.3 Å². The highest BCUT2D eigenvalue weighted by Crippen LogP contribution is 2.14. The molecule has 0 aliphatic rings. The monoisotopic (exact) mass is 891 g/mol. The molecule has 0 aromatic rings. The molecule has 366 valence electrons. The number of carbonyl (C=O) groups excluding carboxylic acids is 3. The quantitative estimate of drug-likeness (QED) is 0.0262. The van der Waals surface area contributed by atoms with E-state index in [1.54, 1.807) is 0 Å². The lowest BCUT2D eigenvalue weighted by atomic mass is 10.0. The van der Waals surface area contributed by atoms with Crippen LogP contribution in [0.3, 0.4) is 0 Å². The maximum Gasteiger partial charge on any atom is 0.306 e. The van der Waals surface area contributed by atoms with Crippen molar-refractivity contribution in [3.05, 3.63) is 85.1 Å². The normalized spacial score (nSPS) is 12.7. The van der Waals surface area contributed by atoms with E-state index in [2.05, 4.69) is 93.7 Å². The van der Waals surface area contributed by atoms with Gasteiger partial charge in [-0.05, 0) is 83.5 Å². The van der Waals surface area contributed by atoms with Crippen LogP contribution in [0.2, 0.25) is 0 Å². The maximum absolute atomic E-state index is 12.7. The highest BCUT2D eigenvalue weighted by molar-refractivity contribution is 5.71. The largest absolute Gasteiger partial charge is 0.462 e. The number of rotatable bonds is 47. The predicted octanol–water partition coefficient (Wildman–Crippen LogP) is 17.6. The van der Waals surface area contributed by atoms with Gasteiger partial charge in [-0.1, -0.05) is 228 Å². The van der Waals surface area contributed by atoms with Crippen molar-refractivity contribution in [2.75, 3.05) is 13.2 Å². The summed E-state index contributed by atoms with van der Waals surface area (Å²) in [6.07, 6.45) is 67.7. The summed E-state index contributed by atoms with van der Waals surface area (Å²) in [4.78, 5) is 37.7. The molecule has 6 heteroatoms. The minimum absolute atomic E-state index is 0.106. The Bertz CT molecular complexity index is 1250. The van der Waals surface area contributed by atoms with Crippen molar-refractivity contribution in [2.45, 2.75) is 252 Å². The Kier molecular flexibility index (Phi) is 49.4. The molecule has 64 heavy (non-hydrogen) atoms. The van der Waals surface area contributed by atoms with Gasteiger partial charge in [0.1, 0.15) is 13.2 Å². The van der Waals surface area contributed by atoms with Crippen molar-refractivity contribution >= 4 is 17.9 Å². The first-order valence-corrected chi connectivity index (χ1v) is 26.6. The van der Waals surface area contributed by atoms with Crippen LogP contribution in [-0.2, 0) is 28.6 Å². The van der Waals surface area contributed by atoms with Gasteiger partial charge in [0.25, 0.3) is 0 Å². The standard InChI is InChI=1S/C58H98O6/c1-4-7-10-13-16-18-20-22-23-24-25-26-27-28-29-30-31-32-33-34-35-37-38-40-42-45-48-51-57(60)63-54-55(53-62-56(59)50-47-44-15-12-9-6-3)64-58(61)52-49-46-43-41-39-36-21-19-17-14-11-8-5-2/h8,11,17,19-20,22,24-25,27-28,36,39,43,46,55H,4-7,9-10,12-16,18,21,23,26,29-35,37-38,40-42,44-45,47-54H2,1-3H3/b11-8-,19-17-,22-20-,25-24-,28-27-,39-36-,46-43-. The Morgan fingerprint density at radius 1 is 0.328 bits per heavy atom. The number of ether oxygens (including phenoxy) is 3. The van der Waals surface area contributed by atoms with Gasteiger partial charge in [-0.15, -0.1) is 0 Å². The van der Waals surface area contributed by atoms with E-state index >= 15 is 0 Å². The summed E-state index contributed by atoms with van der Waals surface area (Å²) in [6, 6.07) is 0. The molecular weight excluding hydrogens is 793 g/mol. The van der Waals surface area contributed by atoms with Gasteiger partial charge in [0.15, 0.2) is 6.10 Å². The second-order valence-electron chi connectivity index (χ2n) is 17.4. The molecule has 0 fully saturated rings. The molecule has 0 saturated heterocycles. The molecule has 0 N–H and O–H groups in total. The van der Waals surface area contributed by atoms with E-state index in [0.717, 1.165) is 77.0 Å². The van der Waals surface area contributed by atoms with Crippen LogP contribution in [0.1, 0.15) is 245 Å². The Hall–Kier alpha value is -3.41. The highest BCUT2D eigenvalue weighted by atomic mass is 16.6. The van der Waals surface area contributed by atoms with Crippen molar-refractivity contribution in [3.63, 3.8) is 0 Å². The Morgan fingerprint density at radius 2 is 0.641 bits per heavy atom. The van der Waals surface area contributed by atoms with Crippen LogP contribution in [0.4, 0.5) is 0 Å². The second kappa shape index (κ2) is 52.2. The molecule has 0 rings (SSSR count). The van der Waals surface area contributed by atoms with E-state index in [1.807, 2.05) is 12.2 Å². The minimum atomic E-state index is -0.811. The zero-order chi connectivity index (χ0) is 46.5. The number of esters is 3. The fourth-order valence-corrected chi connectivity index (χ4v) is 7.17. The molecule has 0 aromatic heterocycles. The summed E-state index contributed by atoms with van der Waals surface area (Å²) in [5, 5.41) is 0. The third-order valence-electron chi connectivity index (χ3n) is 11.1. The molecule has 0 spiro atoms. The van der Waals surface area contributed by atoms with E-state index in [9.17, 15) is 14.4 Å². The smallest absolute Gasteiger partial charge is 0.306 e. The molecule has 0 amide bonds. The average molecular weight is 891 g/mol. The maximum atomic E-state index is 12.7. The molecule has 0 aromatic carbocycles. The van der Waals surface area contributed by atoms with Gasteiger partial charge in [-0.2, -0.15) is 0 Å². The van der Waals surface area contributed by atoms with Crippen LogP contribution in [-0.4, -0.2) is 37.2 Å². The number of carbonyl (C=O) groups is 3. The van der Waals surface area contributed by atoms with Crippen molar-refractivity contribution in [1.29, 1.82) is 0 Å². The summed E-state index contributed by atoms with van der Waals surface area (Å²) in [7, 11) is 0. The van der Waals surface area contributed by atoms with Crippen LogP contribution >= 0.6 is 0 Å². The molecule has 0 bridgehead atoms. The number of allylic oxidation sites excluding steroid dienone is 14. The fourth-order valence-electron chi connectivity index (χ4n) is 7.17. The topological polar surface area (TPSA) is 78.9 Å². The second-order valence-corrected chi connectivity index (χ2v) is 17.4. The van der Waals surface area contributed by atoms with E-state index < -0.39 is 12.1 Å². The Balaban J connectivity index is 4.14. The summed E-state index contributed by atoms with van der Waals surface area (Å²) in [6.45, 7) is 6.38. The lowest BCUT2D eigenvalue weighted by Gasteiger charge is -2.18. The van der Waals surface area contributed by atoms with Crippen molar-refractivity contribution in [3.8, 4) is 0 Å². The summed E-state index contributed by atoms with van der Waals surface area (Å²) >= 11 is 0. The average Bonchev–Trinajstić information content (AvgIpc) is 3.29. The number of hydrogen-bond acceptors (Lipinski definition) is 6. The predicted molar refractivity (Wildman–Crippen MR) is 274 cm³/mol. The van der Waals surface area contributed by atoms with E-state index in [0.29, 0.717) is 19.3 Å². The van der Waals surface area contributed by atoms with Gasteiger partial charge in [0.05, 0.1) is 0 Å². The van der Waals surface area contributed by atoms with Crippen LogP contribution in [0.15, 0.2) is 85.1 Å². The summed E-state index contributed by atoms with van der Waals surface area (Å²) in [5.41, 5.74) is 0. The minimum Gasteiger partial charge on any atom is -0.462 e. The summed E-state index contributed by atoms with van der Waals surface area (Å²) < 4.78 is 16.6. The Morgan fingerprint density at radius 3 is 1.02 bits per heavy atom. The third kappa shape index (κ3) is 49.6. The lowest BCUT2D eigenvalue weighted by molar-refractivity contribution is -0.166. The molecule has 6 nitrogen and oxygen atoms in total. The lowest BCUT2D eigenvalue weighted by Crippen LogP contribution is -2.30. The summed E-state index contributed by atoms with van der Waals surface area (Å²) in [5.74, 6) is -1.00. The highest BCUT2D eigenvalue weighted by Gasteiger charge is 2.19. The van der Waals surface area contributed by atoms with Crippen molar-refractivity contribution < 1.29 is 28.6 Å². The van der Waals surface area contributed by atoms with Crippen LogP contribution in [0, 0.1) is 0 Å². The number of unbranched alkanes of at least 4 members (excludes halogenated alkanes) is 22. The first kappa shape index (κ1) is 60.6. The fraction of sp³-hybridized carbons (Fsp3) is 0.707. The zero-order valence-corrected chi connectivity index (χ0v) is 41.8. The van der Waals surface area contributed by atoms with E-state index in [-0.39, 0.29) is 31.6 Å². The molecule has 0 aliphatic heterocycles. The number of hydrogen-bond donors (Lipinski definition) is 0. The van der Waals surface area contributed by atoms with Gasteiger partial charge in [0.2, 0.25) is 0 Å². The molecular formula is C58H98O6. The van der Waals surface area contributed by atoms with Gasteiger partial charge in [-0.3, -0.25) is 14.4 Å². The van der Waals surface area contributed by atoms with Gasteiger partial charge in [-0.25, -0.2) is 0 Å². The van der Waals surface area contributed by atoms with Crippen molar-refractivity contribution in [2.24, 2.45) is 0 Å². The first-order valence-electron chi connectivity index (χ1n) is 26.6. The molecule has 0 saturated carbocycles. The molecule has 1 atom stereocenters. The SMILES string of the molecule is CC/C=C\C/C=C\C/C=C\C/C=C\CCC(=O)OC(COC(=O)CCCCCCCC)COC(=O)CCCCCCCCCCCCCC/C=C\C/C=C\C/C=C\CCCCCCC. The van der Waals surface area contributed by atoms with Crippen LogP contribution in [0.25, 0.3) is 0 Å². The molecule has 0 aliphatic carbocycles.